The third-order valence-electron chi connectivity index (χ3n) is 4.64. The van der Waals surface area contributed by atoms with Crippen molar-refractivity contribution in [2.45, 2.75) is 33.8 Å². The van der Waals surface area contributed by atoms with Crippen molar-refractivity contribution in [3.63, 3.8) is 0 Å². The molecule has 0 aliphatic rings. The van der Waals surface area contributed by atoms with Gasteiger partial charge in [-0.25, -0.2) is 9.59 Å². The molecule has 2 aromatic heterocycles. The molecule has 0 unspecified atom stereocenters. The van der Waals surface area contributed by atoms with E-state index in [1.807, 2.05) is 38.1 Å². The maximum atomic E-state index is 12.8. The zero-order valence-corrected chi connectivity index (χ0v) is 19.7. The zero-order valence-electron chi connectivity index (χ0n) is 18.9. The maximum absolute atomic E-state index is 12.8. The Balaban J connectivity index is 1.76. The normalized spacial score (nSPS) is 10.5. The van der Waals surface area contributed by atoms with Crippen molar-refractivity contribution >= 4 is 34.2 Å². The number of rotatable bonds is 9. The Morgan fingerprint density at radius 2 is 1.88 bits per heavy atom. The lowest BCUT2D eigenvalue weighted by molar-refractivity contribution is 0.0506. The Morgan fingerprint density at radius 3 is 2.58 bits per heavy atom. The van der Waals surface area contributed by atoms with Gasteiger partial charge in [-0.15, -0.1) is 11.3 Å². The monoisotopic (exact) mass is 471 g/mol. The van der Waals surface area contributed by atoms with Crippen LogP contribution in [-0.4, -0.2) is 31.6 Å². The summed E-state index contributed by atoms with van der Waals surface area (Å²) in [6.07, 6.45) is 0.639. The van der Waals surface area contributed by atoms with E-state index in [9.17, 15) is 14.4 Å². The number of amides is 1. The van der Waals surface area contributed by atoms with Gasteiger partial charge >= 0.3 is 11.9 Å². The minimum absolute atomic E-state index is 0.0383. The molecule has 1 aromatic carbocycles. The second-order valence-electron chi connectivity index (χ2n) is 7.21. The summed E-state index contributed by atoms with van der Waals surface area (Å²) in [6, 6.07) is 10.7. The molecule has 1 N–H and O–H groups in total. The quantitative estimate of drug-likeness (QED) is 0.431. The van der Waals surface area contributed by atoms with Gasteiger partial charge in [-0.2, -0.15) is 0 Å². The standard InChI is InChI=1S/C24H25NO7S/c1-5-11-30-23(27)19-15(3)20(24(28)29-4)33-22(19)25-21(26)18-10-9-17(32-18)13-31-16-8-6-7-14(2)12-16/h6-10,12H,5,11,13H2,1-4H3,(H,25,26). The Labute approximate surface area is 195 Å². The molecule has 8 nitrogen and oxygen atoms in total. The van der Waals surface area contributed by atoms with Crippen molar-refractivity contribution in [3.8, 4) is 5.75 Å². The van der Waals surface area contributed by atoms with Crippen LogP contribution in [-0.2, 0) is 16.1 Å². The van der Waals surface area contributed by atoms with E-state index in [1.165, 1.54) is 13.2 Å². The van der Waals surface area contributed by atoms with Gasteiger partial charge in [-0.3, -0.25) is 4.79 Å². The van der Waals surface area contributed by atoms with Gasteiger partial charge in [0, 0.05) is 0 Å². The smallest absolute Gasteiger partial charge is 0.348 e. The number of hydrogen-bond donors (Lipinski definition) is 1. The van der Waals surface area contributed by atoms with E-state index in [0.717, 1.165) is 16.9 Å². The van der Waals surface area contributed by atoms with E-state index in [1.54, 1.807) is 13.0 Å². The van der Waals surface area contributed by atoms with E-state index in [4.69, 9.17) is 18.6 Å². The Kier molecular flexibility index (Phi) is 7.89. The minimum atomic E-state index is -0.622. The average Bonchev–Trinajstić information content (AvgIpc) is 3.40. The van der Waals surface area contributed by atoms with Crippen LogP contribution in [0.4, 0.5) is 5.00 Å². The number of anilines is 1. The second-order valence-corrected chi connectivity index (χ2v) is 8.23. The van der Waals surface area contributed by atoms with Crippen molar-refractivity contribution in [2.24, 2.45) is 0 Å². The summed E-state index contributed by atoms with van der Waals surface area (Å²) in [5, 5.41) is 2.84. The highest BCUT2D eigenvalue weighted by molar-refractivity contribution is 7.18. The predicted octanol–water partition coefficient (Wildman–Crippen LogP) is 5.14. The first-order chi connectivity index (χ1) is 15.8. The number of hydrogen-bond acceptors (Lipinski definition) is 8. The predicted molar refractivity (Wildman–Crippen MR) is 123 cm³/mol. The molecule has 0 atom stereocenters. The molecule has 0 bridgehead atoms. The fraction of sp³-hybridized carbons (Fsp3) is 0.292. The first-order valence-electron chi connectivity index (χ1n) is 10.3. The molecule has 3 aromatic rings. The summed E-state index contributed by atoms with van der Waals surface area (Å²) in [5.74, 6) is -0.604. The molecule has 0 saturated carbocycles. The van der Waals surface area contributed by atoms with Crippen molar-refractivity contribution in [3.05, 3.63) is 69.5 Å². The molecule has 3 rings (SSSR count). The molecule has 0 spiro atoms. The lowest BCUT2D eigenvalue weighted by atomic mass is 10.1. The Morgan fingerprint density at radius 1 is 1.09 bits per heavy atom. The highest BCUT2D eigenvalue weighted by Crippen LogP contribution is 2.34. The van der Waals surface area contributed by atoms with Gasteiger partial charge in [0.1, 0.15) is 28.0 Å². The molecule has 2 heterocycles. The van der Waals surface area contributed by atoms with E-state index >= 15 is 0 Å². The van der Waals surface area contributed by atoms with Crippen molar-refractivity contribution in [1.82, 2.24) is 0 Å². The number of ether oxygens (including phenoxy) is 3. The fourth-order valence-corrected chi connectivity index (χ4v) is 4.11. The van der Waals surface area contributed by atoms with Crippen LogP contribution in [0.15, 0.2) is 40.8 Å². The van der Waals surface area contributed by atoms with E-state index in [2.05, 4.69) is 5.32 Å². The average molecular weight is 472 g/mol. The summed E-state index contributed by atoms with van der Waals surface area (Å²) in [5.41, 5.74) is 1.57. The number of carbonyl (C=O) groups is 3. The highest BCUT2D eigenvalue weighted by Gasteiger charge is 2.28. The topological polar surface area (TPSA) is 104 Å². The number of thiophene rings is 1. The summed E-state index contributed by atoms with van der Waals surface area (Å²) in [6.45, 7) is 5.81. The van der Waals surface area contributed by atoms with Crippen molar-refractivity contribution in [1.29, 1.82) is 0 Å². The summed E-state index contributed by atoms with van der Waals surface area (Å²) < 4.78 is 21.3. The van der Waals surface area contributed by atoms with Crippen molar-refractivity contribution < 1.29 is 33.0 Å². The van der Waals surface area contributed by atoms with Crippen LogP contribution in [0.1, 0.15) is 60.8 Å². The van der Waals surface area contributed by atoms with Crippen LogP contribution in [0, 0.1) is 13.8 Å². The molecule has 1 amide bonds. The maximum Gasteiger partial charge on any atom is 0.348 e. The first-order valence-corrected chi connectivity index (χ1v) is 11.1. The lowest BCUT2D eigenvalue weighted by Crippen LogP contribution is -2.14. The van der Waals surface area contributed by atoms with Gasteiger partial charge < -0.3 is 23.9 Å². The molecule has 0 fully saturated rings. The van der Waals surface area contributed by atoms with E-state index < -0.39 is 17.8 Å². The third-order valence-corrected chi connectivity index (χ3v) is 5.83. The molecule has 0 radical (unpaired) electrons. The summed E-state index contributed by atoms with van der Waals surface area (Å²) in [7, 11) is 1.25. The molecular weight excluding hydrogens is 446 g/mol. The number of methoxy groups -OCH3 is 1. The summed E-state index contributed by atoms with van der Waals surface area (Å²) >= 11 is 0.946. The zero-order chi connectivity index (χ0) is 24.0. The van der Waals surface area contributed by atoms with E-state index in [-0.39, 0.29) is 34.4 Å². The van der Waals surface area contributed by atoms with Gasteiger partial charge in [0.25, 0.3) is 5.91 Å². The highest BCUT2D eigenvalue weighted by atomic mass is 32.1. The first kappa shape index (κ1) is 24.1. The number of benzene rings is 1. The molecule has 0 aliphatic carbocycles. The Bertz CT molecular complexity index is 1160. The molecule has 9 heteroatoms. The summed E-state index contributed by atoms with van der Waals surface area (Å²) in [4.78, 5) is 37.7. The van der Waals surface area contributed by atoms with Crippen LogP contribution in [0.3, 0.4) is 0 Å². The second kappa shape index (κ2) is 10.8. The van der Waals surface area contributed by atoms with Crippen LogP contribution in [0.2, 0.25) is 0 Å². The molecule has 0 aliphatic heterocycles. The van der Waals surface area contributed by atoms with E-state index in [0.29, 0.717) is 23.5 Å². The number of nitrogens with one attached hydrogen (secondary N) is 1. The van der Waals surface area contributed by atoms with Crippen molar-refractivity contribution in [2.75, 3.05) is 19.0 Å². The largest absolute Gasteiger partial charge is 0.486 e. The van der Waals surface area contributed by atoms with Gasteiger partial charge in [0.2, 0.25) is 0 Å². The van der Waals surface area contributed by atoms with Gasteiger partial charge in [0.05, 0.1) is 19.3 Å². The minimum Gasteiger partial charge on any atom is -0.486 e. The van der Waals surface area contributed by atoms with Gasteiger partial charge in [-0.05, 0) is 55.7 Å². The molecule has 174 valence electrons. The molecule has 33 heavy (non-hydrogen) atoms. The van der Waals surface area contributed by atoms with Crippen LogP contribution < -0.4 is 10.1 Å². The third kappa shape index (κ3) is 5.81. The van der Waals surface area contributed by atoms with Gasteiger partial charge in [-0.1, -0.05) is 19.1 Å². The SMILES string of the molecule is CCCOC(=O)c1c(NC(=O)c2ccc(COc3cccc(C)c3)o2)sc(C(=O)OC)c1C. The number of esters is 2. The number of furan rings is 1. The van der Waals surface area contributed by atoms with Gasteiger partial charge in [0.15, 0.2) is 5.76 Å². The number of carbonyl (C=O) groups excluding carboxylic acids is 3. The van der Waals surface area contributed by atoms with Crippen LogP contribution in [0.25, 0.3) is 0 Å². The molecular formula is C24H25NO7S. The fourth-order valence-electron chi connectivity index (χ4n) is 3.00. The lowest BCUT2D eigenvalue weighted by Gasteiger charge is -2.07. The number of aryl methyl sites for hydroxylation is 1. The van der Waals surface area contributed by atoms with Crippen LogP contribution >= 0.6 is 11.3 Å². The Hall–Kier alpha value is -3.59. The van der Waals surface area contributed by atoms with Crippen LogP contribution in [0.5, 0.6) is 5.75 Å². The molecule has 0 saturated heterocycles.